The first-order chi connectivity index (χ1) is 11.6. The first-order valence-corrected chi connectivity index (χ1v) is 10.3. The number of hydrogen-bond acceptors (Lipinski definition) is 4. The second-order valence-electron chi connectivity index (χ2n) is 6.41. The van der Waals surface area contributed by atoms with Crippen molar-refractivity contribution in [2.75, 3.05) is 6.54 Å². The van der Waals surface area contributed by atoms with Crippen molar-refractivity contribution in [1.82, 2.24) is 4.90 Å². The average molecular weight is 362 g/mol. The molecule has 3 heterocycles. The van der Waals surface area contributed by atoms with Crippen molar-refractivity contribution in [2.45, 2.75) is 51.5 Å². The van der Waals surface area contributed by atoms with Crippen LogP contribution in [-0.4, -0.2) is 29.2 Å². The Bertz CT molecular complexity index is 690. The number of amides is 1. The number of Topliss-reactive ketones (excluding diaryl/α,β-unsaturated/α-hetero) is 1. The standard InChI is InChI=1S/C19H23NO2S2/c1-14(21)18-11-15(13-24-18)12-19(22)20-9-3-2-5-16(20)7-8-17-6-4-10-23-17/h4,6,10-11,13,16H,2-3,5,7-9,12H2,1H3/t16-/m0/s1. The lowest BCUT2D eigenvalue weighted by Crippen LogP contribution is -2.44. The molecule has 0 N–H and O–H groups in total. The minimum Gasteiger partial charge on any atom is -0.339 e. The highest BCUT2D eigenvalue weighted by Crippen LogP contribution is 2.24. The summed E-state index contributed by atoms with van der Waals surface area (Å²) >= 11 is 3.23. The quantitative estimate of drug-likeness (QED) is 0.707. The van der Waals surface area contributed by atoms with Crippen LogP contribution in [0.1, 0.15) is 52.7 Å². The van der Waals surface area contributed by atoms with Crippen molar-refractivity contribution < 1.29 is 9.59 Å². The molecule has 128 valence electrons. The largest absolute Gasteiger partial charge is 0.339 e. The molecule has 0 bridgehead atoms. The van der Waals surface area contributed by atoms with Crippen LogP contribution in [0.25, 0.3) is 0 Å². The van der Waals surface area contributed by atoms with Gasteiger partial charge < -0.3 is 4.90 Å². The molecular formula is C19H23NO2S2. The predicted octanol–water partition coefficient (Wildman–Crippen LogP) is 4.57. The Hall–Kier alpha value is -1.46. The van der Waals surface area contributed by atoms with E-state index in [1.165, 1.54) is 22.6 Å². The molecule has 1 saturated heterocycles. The normalized spacial score (nSPS) is 17.9. The van der Waals surface area contributed by atoms with E-state index in [0.29, 0.717) is 12.5 Å². The summed E-state index contributed by atoms with van der Waals surface area (Å²) in [6.07, 6.45) is 5.95. The lowest BCUT2D eigenvalue weighted by Gasteiger charge is -2.36. The molecule has 0 aromatic carbocycles. The molecule has 0 unspecified atom stereocenters. The summed E-state index contributed by atoms with van der Waals surface area (Å²) in [6, 6.07) is 6.50. The molecule has 1 atom stereocenters. The van der Waals surface area contributed by atoms with Gasteiger partial charge in [0.1, 0.15) is 0 Å². The zero-order chi connectivity index (χ0) is 16.9. The molecule has 2 aromatic heterocycles. The van der Waals surface area contributed by atoms with Crippen LogP contribution in [0.3, 0.4) is 0 Å². The van der Waals surface area contributed by atoms with Crippen molar-refractivity contribution in [2.24, 2.45) is 0 Å². The highest BCUT2D eigenvalue weighted by atomic mass is 32.1. The minimum atomic E-state index is 0.0745. The number of nitrogens with zero attached hydrogens (tertiary/aromatic N) is 1. The highest BCUT2D eigenvalue weighted by molar-refractivity contribution is 7.12. The van der Waals surface area contributed by atoms with Crippen LogP contribution in [-0.2, 0) is 17.6 Å². The van der Waals surface area contributed by atoms with Gasteiger partial charge in [-0.2, -0.15) is 0 Å². The van der Waals surface area contributed by atoms with Crippen molar-refractivity contribution in [3.05, 3.63) is 44.3 Å². The first kappa shape index (κ1) is 17.4. The molecule has 24 heavy (non-hydrogen) atoms. The second kappa shape index (κ2) is 8.08. The summed E-state index contributed by atoms with van der Waals surface area (Å²) in [5.74, 6) is 0.282. The van der Waals surface area contributed by atoms with E-state index >= 15 is 0 Å². The molecule has 1 aliphatic rings. The van der Waals surface area contributed by atoms with E-state index in [1.807, 2.05) is 11.4 Å². The summed E-state index contributed by atoms with van der Waals surface area (Å²) in [4.78, 5) is 28.4. The van der Waals surface area contributed by atoms with E-state index in [0.717, 1.165) is 42.7 Å². The van der Waals surface area contributed by atoms with Gasteiger partial charge in [0.2, 0.25) is 5.91 Å². The summed E-state index contributed by atoms with van der Waals surface area (Å²) in [7, 11) is 0. The maximum atomic E-state index is 12.8. The van der Waals surface area contributed by atoms with Crippen LogP contribution < -0.4 is 0 Å². The van der Waals surface area contributed by atoms with Gasteiger partial charge in [0, 0.05) is 17.5 Å². The van der Waals surface area contributed by atoms with Crippen LogP contribution in [0.2, 0.25) is 0 Å². The number of carbonyl (C=O) groups is 2. The van der Waals surface area contributed by atoms with Crippen molar-refractivity contribution >= 4 is 34.4 Å². The summed E-state index contributed by atoms with van der Waals surface area (Å²) in [5.41, 5.74) is 0.970. The number of piperidine rings is 1. The number of carbonyl (C=O) groups excluding carboxylic acids is 2. The molecule has 0 aliphatic carbocycles. The molecular weight excluding hydrogens is 338 g/mol. The molecule has 1 aliphatic heterocycles. The lowest BCUT2D eigenvalue weighted by molar-refractivity contribution is -0.134. The van der Waals surface area contributed by atoms with Gasteiger partial charge in [-0.1, -0.05) is 6.07 Å². The maximum Gasteiger partial charge on any atom is 0.227 e. The van der Waals surface area contributed by atoms with Gasteiger partial charge in [-0.05, 0) is 67.5 Å². The number of thiophene rings is 2. The molecule has 0 radical (unpaired) electrons. The molecule has 1 amide bonds. The van der Waals surface area contributed by atoms with E-state index in [-0.39, 0.29) is 11.7 Å². The van der Waals surface area contributed by atoms with Crippen LogP contribution in [0.4, 0.5) is 0 Å². The number of aryl methyl sites for hydroxylation is 1. The fraction of sp³-hybridized carbons (Fsp3) is 0.474. The second-order valence-corrected chi connectivity index (χ2v) is 8.35. The van der Waals surface area contributed by atoms with Gasteiger partial charge in [-0.15, -0.1) is 22.7 Å². The van der Waals surface area contributed by atoms with Crippen LogP contribution >= 0.6 is 22.7 Å². The Morgan fingerprint density at radius 3 is 2.88 bits per heavy atom. The van der Waals surface area contributed by atoms with Gasteiger partial charge in [-0.25, -0.2) is 0 Å². The van der Waals surface area contributed by atoms with E-state index in [9.17, 15) is 9.59 Å². The van der Waals surface area contributed by atoms with Crippen LogP contribution in [0.5, 0.6) is 0 Å². The number of rotatable bonds is 6. The Balaban J connectivity index is 1.60. The van der Waals surface area contributed by atoms with E-state index < -0.39 is 0 Å². The summed E-state index contributed by atoms with van der Waals surface area (Å²) < 4.78 is 0. The van der Waals surface area contributed by atoms with Crippen LogP contribution in [0.15, 0.2) is 29.0 Å². The molecule has 1 fully saturated rings. The van der Waals surface area contributed by atoms with Gasteiger partial charge in [-0.3, -0.25) is 9.59 Å². The molecule has 2 aromatic rings. The minimum absolute atomic E-state index is 0.0745. The fourth-order valence-corrected chi connectivity index (χ4v) is 4.86. The number of hydrogen-bond donors (Lipinski definition) is 0. The van der Waals surface area contributed by atoms with E-state index in [2.05, 4.69) is 22.4 Å². The summed E-state index contributed by atoms with van der Waals surface area (Å²) in [5, 5.41) is 4.06. The molecule has 3 nitrogen and oxygen atoms in total. The average Bonchev–Trinajstić information content (AvgIpc) is 3.25. The SMILES string of the molecule is CC(=O)c1cc(CC(=O)N2CCCC[C@H]2CCc2cccs2)cs1. The van der Waals surface area contributed by atoms with Crippen molar-refractivity contribution in [3.63, 3.8) is 0 Å². The monoisotopic (exact) mass is 361 g/mol. The number of ketones is 1. The Labute approximate surface area is 151 Å². The fourth-order valence-electron chi connectivity index (χ4n) is 3.32. The topological polar surface area (TPSA) is 37.4 Å². The van der Waals surface area contributed by atoms with E-state index in [1.54, 1.807) is 18.3 Å². The molecule has 5 heteroatoms. The third-order valence-corrected chi connectivity index (χ3v) is 6.62. The zero-order valence-electron chi connectivity index (χ0n) is 14.0. The van der Waals surface area contributed by atoms with E-state index in [4.69, 9.17) is 0 Å². The molecule has 0 saturated carbocycles. The Morgan fingerprint density at radius 1 is 1.29 bits per heavy atom. The maximum absolute atomic E-state index is 12.8. The summed E-state index contributed by atoms with van der Waals surface area (Å²) in [6.45, 7) is 2.44. The van der Waals surface area contributed by atoms with Gasteiger partial charge in [0.25, 0.3) is 0 Å². The molecule has 3 rings (SSSR count). The van der Waals surface area contributed by atoms with Crippen molar-refractivity contribution in [3.8, 4) is 0 Å². The lowest BCUT2D eigenvalue weighted by atomic mass is 9.97. The van der Waals surface area contributed by atoms with Crippen molar-refractivity contribution in [1.29, 1.82) is 0 Å². The smallest absolute Gasteiger partial charge is 0.227 e. The van der Waals surface area contributed by atoms with Gasteiger partial charge in [0.05, 0.1) is 11.3 Å². The van der Waals surface area contributed by atoms with Gasteiger partial charge >= 0.3 is 0 Å². The predicted molar refractivity (Wildman–Crippen MR) is 100 cm³/mol. The highest BCUT2D eigenvalue weighted by Gasteiger charge is 2.26. The van der Waals surface area contributed by atoms with Crippen LogP contribution in [0, 0.1) is 0 Å². The third kappa shape index (κ3) is 4.33. The number of likely N-dealkylation sites (tertiary alicyclic amines) is 1. The third-order valence-electron chi connectivity index (χ3n) is 4.61. The first-order valence-electron chi connectivity index (χ1n) is 8.53. The Kier molecular flexibility index (Phi) is 5.85. The Morgan fingerprint density at radius 2 is 2.17 bits per heavy atom. The zero-order valence-corrected chi connectivity index (χ0v) is 15.6. The molecule has 0 spiro atoms. The van der Waals surface area contributed by atoms with Gasteiger partial charge in [0.15, 0.2) is 5.78 Å².